The maximum Gasteiger partial charge on any atom is 0.0488 e. The van der Waals surface area contributed by atoms with E-state index in [2.05, 4.69) is 106 Å². The van der Waals surface area contributed by atoms with Gasteiger partial charge in [0.05, 0.1) is 0 Å². The largest absolute Gasteiger partial charge is 0.340 e. The average Bonchev–Trinajstić information content (AvgIpc) is 2.90. The molecule has 0 amide bonds. The highest BCUT2D eigenvalue weighted by atomic mass is 79.9. The maximum absolute atomic E-state index is 3.70. The fourth-order valence-corrected chi connectivity index (χ4v) is 3.95. The Morgan fingerprint density at radius 1 is 0.800 bits per heavy atom. The number of hydrogen-bond donors (Lipinski definition) is 0. The van der Waals surface area contributed by atoms with Gasteiger partial charge >= 0.3 is 0 Å². The van der Waals surface area contributed by atoms with Crippen LogP contribution >= 0.6 is 15.9 Å². The highest BCUT2D eigenvalue weighted by Gasteiger charge is 2.15. The molecule has 4 rings (SSSR count). The number of nitrogens with zero attached hydrogens (tertiary/aromatic N) is 1. The molecule has 3 aromatic carbocycles. The van der Waals surface area contributed by atoms with Gasteiger partial charge in [0, 0.05) is 34.0 Å². The molecule has 0 aliphatic carbocycles. The number of hydrogen-bond acceptors (Lipinski definition) is 0. The second kappa shape index (κ2) is 6.89. The number of para-hydroxylation sites is 1. The zero-order valence-electron chi connectivity index (χ0n) is 14.2. The Morgan fingerprint density at radius 2 is 1.48 bits per heavy atom. The third kappa shape index (κ3) is 3.14. The predicted molar refractivity (Wildman–Crippen MR) is 109 cm³/mol. The lowest BCUT2D eigenvalue weighted by atomic mass is 10.0. The normalized spacial score (nSPS) is 11.1. The van der Waals surface area contributed by atoms with E-state index in [9.17, 15) is 0 Å². The van der Waals surface area contributed by atoms with Crippen LogP contribution in [0.4, 0.5) is 0 Å². The van der Waals surface area contributed by atoms with Crippen molar-refractivity contribution in [1.29, 1.82) is 0 Å². The highest BCUT2D eigenvalue weighted by Crippen LogP contribution is 2.30. The van der Waals surface area contributed by atoms with E-state index in [1.54, 1.807) is 0 Å². The number of aromatic nitrogens is 1. The van der Waals surface area contributed by atoms with Gasteiger partial charge in [-0.05, 0) is 35.7 Å². The first-order valence-corrected chi connectivity index (χ1v) is 9.37. The van der Waals surface area contributed by atoms with Crippen LogP contribution in [-0.4, -0.2) is 4.57 Å². The van der Waals surface area contributed by atoms with Crippen LogP contribution < -0.4 is 0 Å². The molecule has 0 spiro atoms. The smallest absolute Gasteiger partial charge is 0.0488 e. The molecule has 1 nitrogen and oxygen atoms in total. The number of benzene rings is 3. The lowest BCUT2D eigenvalue weighted by Gasteiger charge is -2.10. The fraction of sp³-hybridized carbons (Fsp3) is 0.130. The van der Waals surface area contributed by atoms with Gasteiger partial charge in [-0.15, -0.1) is 0 Å². The maximum atomic E-state index is 3.70. The van der Waals surface area contributed by atoms with Crippen molar-refractivity contribution in [2.24, 2.45) is 0 Å². The quantitative estimate of drug-likeness (QED) is 0.383. The van der Waals surface area contributed by atoms with Crippen LogP contribution in [0.1, 0.15) is 22.4 Å². The van der Waals surface area contributed by atoms with E-state index in [0.29, 0.717) is 0 Å². The number of halogens is 1. The van der Waals surface area contributed by atoms with Crippen molar-refractivity contribution in [2.45, 2.75) is 19.9 Å². The summed E-state index contributed by atoms with van der Waals surface area (Å²) in [6.45, 7) is 3.15. The first kappa shape index (κ1) is 16.2. The SMILES string of the molecule is Cc1c(Cc2ccccc2Br)c2ccccc2n1Cc1ccccc1. The van der Waals surface area contributed by atoms with Crippen molar-refractivity contribution in [3.05, 3.63) is 106 Å². The molecule has 0 saturated heterocycles. The molecule has 124 valence electrons. The van der Waals surface area contributed by atoms with E-state index in [1.807, 2.05) is 0 Å². The van der Waals surface area contributed by atoms with Crippen molar-refractivity contribution in [3.63, 3.8) is 0 Å². The van der Waals surface area contributed by atoms with Gasteiger partial charge in [-0.1, -0.05) is 82.7 Å². The van der Waals surface area contributed by atoms with Crippen LogP contribution in [0, 0.1) is 6.92 Å². The Kier molecular flexibility index (Phi) is 4.46. The zero-order valence-corrected chi connectivity index (χ0v) is 15.8. The van der Waals surface area contributed by atoms with E-state index in [4.69, 9.17) is 0 Å². The van der Waals surface area contributed by atoms with Crippen LogP contribution in [0.15, 0.2) is 83.3 Å². The van der Waals surface area contributed by atoms with Crippen molar-refractivity contribution >= 4 is 26.8 Å². The van der Waals surface area contributed by atoms with E-state index in [-0.39, 0.29) is 0 Å². The highest BCUT2D eigenvalue weighted by molar-refractivity contribution is 9.10. The van der Waals surface area contributed by atoms with Gasteiger partial charge in [-0.2, -0.15) is 0 Å². The van der Waals surface area contributed by atoms with Gasteiger partial charge < -0.3 is 4.57 Å². The first-order chi connectivity index (χ1) is 12.2. The van der Waals surface area contributed by atoms with Gasteiger partial charge in [-0.25, -0.2) is 0 Å². The Bertz CT molecular complexity index is 1010. The molecule has 0 aliphatic rings. The first-order valence-electron chi connectivity index (χ1n) is 8.58. The van der Waals surface area contributed by atoms with Crippen LogP contribution in [0.25, 0.3) is 10.9 Å². The molecule has 0 fully saturated rings. The molecule has 2 heteroatoms. The average molecular weight is 390 g/mol. The summed E-state index contributed by atoms with van der Waals surface area (Å²) in [7, 11) is 0. The molecule has 0 atom stereocenters. The minimum absolute atomic E-state index is 0.906. The van der Waals surface area contributed by atoms with Crippen LogP contribution in [0.2, 0.25) is 0 Å². The Balaban J connectivity index is 1.82. The van der Waals surface area contributed by atoms with Crippen LogP contribution in [0.3, 0.4) is 0 Å². The van der Waals surface area contributed by atoms with E-state index >= 15 is 0 Å². The molecule has 4 aromatic rings. The second-order valence-electron chi connectivity index (χ2n) is 6.42. The molecular weight excluding hydrogens is 370 g/mol. The van der Waals surface area contributed by atoms with Crippen molar-refractivity contribution in [2.75, 3.05) is 0 Å². The van der Waals surface area contributed by atoms with Crippen molar-refractivity contribution in [1.82, 2.24) is 4.57 Å². The number of fused-ring (bicyclic) bond motifs is 1. The lowest BCUT2D eigenvalue weighted by molar-refractivity contribution is 0.798. The molecule has 0 N–H and O–H groups in total. The van der Waals surface area contributed by atoms with Gasteiger partial charge in [-0.3, -0.25) is 0 Å². The zero-order chi connectivity index (χ0) is 17.2. The summed E-state index contributed by atoms with van der Waals surface area (Å²) >= 11 is 3.70. The Labute approximate surface area is 157 Å². The summed E-state index contributed by atoms with van der Waals surface area (Å²) in [5.41, 5.74) is 6.73. The molecule has 0 aliphatic heterocycles. The Hall–Kier alpha value is -2.32. The summed E-state index contributed by atoms with van der Waals surface area (Å²) < 4.78 is 3.62. The standard InChI is InChI=1S/C23H20BrN/c1-17-21(15-19-11-5-7-13-22(19)24)20-12-6-8-14-23(20)25(17)16-18-9-3-2-4-10-18/h2-14H,15-16H2,1H3. The fourth-order valence-electron chi connectivity index (χ4n) is 3.53. The van der Waals surface area contributed by atoms with Crippen LogP contribution in [-0.2, 0) is 13.0 Å². The third-order valence-electron chi connectivity index (χ3n) is 4.87. The Morgan fingerprint density at radius 3 is 2.28 bits per heavy atom. The van der Waals surface area contributed by atoms with Crippen LogP contribution in [0.5, 0.6) is 0 Å². The predicted octanol–water partition coefficient (Wildman–Crippen LogP) is 6.35. The second-order valence-corrected chi connectivity index (χ2v) is 7.28. The van der Waals surface area contributed by atoms with Gasteiger partial charge in [0.1, 0.15) is 0 Å². The van der Waals surface area contributed by atoms with Crippen molar-refractivity contribution in [3.8, 4) is 0 Å². The van der Waals surface area contributed by atoms with Gasteiger partial charge in [0.15, 0.2) is 0 Å². The van der Waals surface area contributed by atoms with Crippen molar-refractivity contribution < 1.29 is 0 Å². The number of rotatable bonds is 4. The summed E-state index contributed by atoms with van der Waals surface area (Å²) in [4.78, 5) is 0. The van der Waals surface area contributed by atoms with Gasteiger partial charge in [0.25, 0.3) is 0 Å². The minimum atomic E-state index is 0.906. The molecule has 0 radical (unpaired) electrons. The third-order valence-corrected chi connectivity index (χ3v) is 5.64. The lowest BCUT2D eigenvalue weighted by Crippen LogP contribution is -2.02. The molecular formula is C23H20BrN. The monoisotopic (exact) mass is 389 g/mol. The molecule has 1 heterocycles. The van der Waals surface area contributed by atoms with E-state index < -0.39 is 0 Å². The summed E-state index contributed by atoms with van der Waals surface area (Å²) in [6, 6.07) is 27.9. The molecule has 0 saturated carbocycles. The topological polar surface area (TPSA) is 4.93 Å². The van der Waals surface area contributed by atoms with E-state index in [1.165, 1.54) is 37.8 Å². The molecule has 0 bridgehead atoms. The molecule has 25 heavy (non-hydrogen) atoms. The summed E-state index contributed by atoms with van der Waals surface area (Å²) in [5, 5.41) is 1.35. The van der Waals surface area contributed by atoms with E-state index in [0.717, 1.165) is 13.0 Å². The van der Waals surface area contributed by atoms with Gasteiger partial charge in [0.2, 0.25) is 0 Å². The minimum Gasteiger partial charge on any atom is -0.340 e. The molecule has 1 aromatic heterocycles. The summed E-state index contributed by atoms with van der Waals surface area (Å²) in [5.74, 6) is 0. The molecule has 0 unspecified atom stereocenters. The summed E-state index contributed by atoms with van der Waals surface area (Å²) in [6.07, 6.45) is 0.940.